The molecule has 3 rings (SSSR count). The van der Waals surface area contributed by atoms with Crippen molar-refractivity contribution >= 4 is 40.1 Å². The standard InChI is InChI=1S/C23H25N3O3S/c1-5-12-26-22(28)20(14-21(27)25-18-8-6-7-9-19(18)29-4)30-23(26)24-17-11-10-15(2)16(3)13-17/h5-11,13,20H,1,12,14H2,2-4H3,(H,25,27)/t20-/m0/s1. The number of benzene rings is 2. The number of aryl methyl sites for hydroxylation is 2. The lowest BCUT2D eigenvalue weighted by Gasteiger charge is -2.14. The maximum absolute atomic E-state index is 12.9. The number of nitrogens with one attached hydrogen (secondary N) is 1. The highest BCUT2D eigenvalue weighted by Crippen LogP contribution is 2.32. The number of aliphatic imine (C=N–C) groups is 1. The Morgan fingerprint density at radius 1 is 1.27 bits per heavy atom. The zero-order valence-corrected chi connectivity index (χ0v) is 18.2. The van der Waals surface area contributed by atoms with Crippen LogP contribution in [0.25, 0.3) is 0 Å². The van der Waals surface area contributed by atoms with Crippen LogP contribution < -0.4 is 10.1 Å². The van der Waals surface area contributed by atoms with Gasteiger partial charge in [-0.25, -0.2) is 4.99 Å². The molecule has 0 radical (unpaired) electrons. The molecule has 0 aromatic heterocycles. The Balaban J connectivity index is 1.76. The smallest absolute Gasteiger partial charge is 0.242 e. The van der Waals surface area contributed by atoms with Crippen molar-refractivity contribution in [2.45, 2.75) is 25.5 Å². The van der Waals surface area contributed by atoms with E-state index in [1.165, 1.54) is 17.3 Å². The summed E-state index contributed by atoms with van der Waals surface area (Å²) in [5.74, 6) is 0.176. The minimum atomic E-state index is -0.537. The third-order valence-electron chi connectivity index (χ3n) is 4.80. The number of nitrogens with zero attached hydrogens (tertiary/aromatic N) is 2. The Hall–Kier alpha value is -3.06. The van der Waals surface area contributed by atoms with Gasteiger partial charge in [0.05, 0.1) is 18.5 Å². The molecular weight excluding hydrogens is 398 g/mol. The number of amidine groups is 1. The molecule has 2 amide bonds. The highest BCUT2D eigenvalue weighted by atomic mass is 32.2. The summed E-state index contributed by atoms with van der Waals surface area (Å²) in [7, 11) is 1.55. The fourth-order valence-corrected chi connectivity index (χ4v) is 4.21. The van der Waals surface area contributed by atoms with Crippen LogP contribution in [0.5, 0.6) is 5.75 Å². The zero-order chi connectivity index (χ0) is 21.7. The molecule has 6 nitrogen and oxygen atoms in total. The predicted molar refractivity (Wildman–Crippen MR) is 123 cm³/mol. The second kappa shape index (κ2) is 9.63. The monoisotopic (exact) mass is 423 g/mol. The van der Waals surface area contributed by atoms with Crippen molar-refractivity contribution in [3.05, 3.63) is 66.2 Å². The molecule has 1 saturated heterocycles. The lowest BCUT2D eigenvalue weighted by atomic mass is 10.1. The van der Waals surface area contributed by atoms with Crippen molar-refractivity contribution < 1.29 is 14.3 Å². The van der Waals surface area contributed by atoms with Gasteiger partial charge in [-0.05, 0) is 49.2 Å². The highest BCUT2D eigenvalue weighted by Gasteiger charge is 2.38. The van der Waals surface area contributed by atoms with Gasteiger partial charge in [-0.1, -0.05) is 36.0 Å². The summed E-state index contributed by atoms with van der Waals surface area (Å²) < 4.78 is 5.26. The van der Waals surface area contributed by atoms with Crippen LogP contribution in [0.4, 0.5) is 11.4 Å². The molecule has 1 N–H and O–H groups in total. The summed E-state index contributed by atoms with van der Waals surface area (Å²) in [5, 5.41) is 2.87. The normalized spacial score (nSPS) is 17.3. The Morgan fingerprint density at radius 3 is 2.73 bits per heavy atom. The Kier molecular flexibility index (Phi) is 6.95. The van der Waals surface area contributed by atoms with Crippen LogP contribution in [0.1, 0.15) is 17.5 Å². The van der Waals surface area contributed by atoms with Crippen molar-refractivity contribution in [3.8, 4) is 5.75 Å². The lowest BCUT2D eigenvalue weighted by Crippen LogP contribution is -2.33. The van der Waals surface area contributed by atoms with Gasteiger partial charge in [-0.2, -0.15) is 0 Å². The summed E-state index contributed by atoms with van der Waals surface area (Å²) in [6.45, 7) is 8.15. The first kappa shape index (κ1) is 21.6. The van der Waals surface area contributed by atoms with E-state index in [9.17, 15) is 9.59 Å². The van der Waals surface area contributed by atoms with Gasteiger partial charge in [0.15, 0.2) is 5.17 Å². The summed E-state index contributed by atoms with van der Waals surface area (Å²) in [6, 6.07) is 13.1. The third kappa shape index (κ3) is 4.91. The molecule has 2 aromatic rings. The number of ether oxygens (including phenoxy) is 1. The summed E-state index contributed by atoms with van der Waals surface area (Å²) in [6.07, 6.45) is 1.70. The largest absolute Gasteiger partial charge is 0.495 e. The summed E-state index contributed by atoms with van der Waals surface area (Å²) in [5.41, 5.74) is 3.67. The molecule has 0 spiro atoms. The number of carbonyl (C=O) groups excluding carboxylic acids is 2. The number of methoxy groups -OCH3 is 1. The summed E-state index contributed by atoms with van der Waals surface area (Å²) in [4.78, 5) is 31.7. The fraction of sp³-hybridized carbons (Fsp3) is 0.261. The van der Waals surface area contributed by atoms with Crippen LogP contribution in [0, 0.1) is 13.8 Å². The van der Waals surface area contributed by atoms with Crippen LogP contribution in [0.3, 0.4) is 0 Å². The van der Waals surface area contributed by atoms with E-state index >= 15 is 0 Å². The molecule has 1 aliphatic rings. The average Bonchev–Trinajstić information content (AvgIpc) is 3.00. The molecule has 2 aromatic carbocycles. The molecule has 0 saturated carbocycles. The van der Waals surface area contributed by atoms with Crippen molar-refractivity contribution in [2.75, 3.05) is 19.0 Å². The van der Waals surface area contributed by atoms with E-state index < -0.39 is 5.25 Å². The van der Waals surface area contributed by atoms with Crippen molar-refractivity contribution in [2.24, 2.45) is 4.99 Å². The molecule has 0 bridgehead atoms. The molecule has 1 fully saturated rings. The van der Waals surface area contributed by atoms with Crippen molar-refractivity contribution in [3.63, 3.8) is 0 Å². The first-order valence-electron chi connectivity index (χ1n) is 9.60. The van der Waals surface area contributed by atoms with Crippen LogP contribution in [0.2, 0.25) is 0 Å². The number of thioether (sulfide) groups is 1. The number of carbonyl (C=O) groups is 2. The number of amides is 2. The Bertz CT molecular complexity index is 1000. The molecule has 1 heterocycles. The third-order valence-corrected chi connectivity index (χ3v) is 5.97. The van der Waals surface area contributed by atoms with E-state index in [1.54, 1.807) is 30.2 Å². The maximum Gasteiger partial charge on any atom is 0.242 e. The molecule has 156 valence electrons. The zero-order valence-electron chi connectivity index (χ0n) is 17.3. The Morgan fingerprint density at radius 2 is 2.03 bits per heavy atom. The second-order valence-electron chi connectivity index (χ2n) is 6.96. The molecule has 30 heavy (non-hydrogen) atoms. The molecule has 7 heteroatoms. The lowest BCUT2D eigenvalue weighted by molar-refractivity contribution is -0.127. The van der Waals surface area contributed by atoms with E-state index in [4.69, 9.17) is 4.74 Å². The van der Waals surface area contributed by atoms with Crippen LogP contribution in [-0.4, -0.2) is 40.8 Å². The quantitative estimate of drug-likeness (QED) is 0.668. The fourth-order valence-electron chi connectivity index (χ4n) is 3.05. The van der Waals surface area contributed by atoms with Crippen LogP contribution in [-0.2, 0) is 9.59 Å². The molecule has 0 unspecified atom stereocenters. The van der Waals surface area contributed by atoms with Gasteiger partial charge in [0, 0.05) is 13.0 Å². The van der Waals surface area contributed by atoms with Gasteiger partial charge in [0.25, 0.3) is 0 Å². The van der Waals surface area contributed by atoms with Crippen molar-refractivity contribution in [1.29, 1.82) is 0 Å². The minimum Gasteiger partial charge on any atom is -0.495 e. The average molecular weight is 424 g/mol. The minimum absolute atomic E-state index is 0.0428. The molecule has 0 aliphatic carbocycles. The van der Waals surface area contributed by atoms with E-state index in [1.807, 2.05) is 44.2 Å². The van der Waals surface area contributed by atoms with E-state index in [2.05, 4.69) is 16.9 Å². The van der Waals surface area contributed by atoms with Crippen LogP contribution >= 0.6 is 11.8 Å². The first-order valence-corrected chi connectivity index (χ1v) is 10.5. The van der Waals surface area contributed by atoms with Gasteiger partial charge < -0.3 is 10.1 Å². The molecule has 1 aliphatic heterocycles. The molecule has 1 atom stereocenters. The van der Waals surface area contributed by atoms with Gasteiger partial charge in [0.1, 0.15) is 11.0 Å². The van der Waals surface area contributed by atoms with Gasteiger partial charge in [0.2, 0.25) is 11.8 Å². The number of rotatable bonds is 7. The highest BCUT2D eigenvalue weighted by molar-refractivity contribution is 8.15. The first-order chi connectivity index (χ1) is 14.4. The Labute approximate surface area is 181 Å². The number of para-hydroxylation sites is 2. The number of hydrogen-bond donors (Lipinski definition) is 1. The van der Waals surface area contributed by atoms with E-state index in [-0.39, 0.29) is 18.2 Å². The second-order valence-corrected chi connectivity index (χ2v) is 8.13. The SMILES string of the molecule is C=CCN1C(=O)[C@H](CC(=O)Nc2ccccc2OC)SC1=Nc1ccc(C)c(C)c1. The van der Waals surface area contributed by atoms with E-state index in [0.29, 0.717) is 23.1 Å². The molecular formula is C23H25N3O3S. The summed E-state index contributed by atoms with van der Waals surface area (Å²) >= 11 is 1.31. The van der Waals surface area contributed by atoms with Gasteiger partial charge in [-0.3, -0.25) is 14.5 Å². The van der Waals surface area contributed by atoms with Crippen LogP contribution in [0.15, 0.2) is 60.1 Å². The number of anilines is 1. The van der Waals surface area contributed by atoms with Crippen molar-refractivity contribution in [1.82, 2.24) is 4.90 Å². The van der Waals surface area contributed by atoms with Gasteiger partial charge >= 0.3 is 0 Å². The topological polar surface area (TPSA) is 71.0 Å². The number of hydrogen-bond acceptors (Lipinski definition) is 5. The van der Waals surface area contributed by atoms with Gasteiger partial charge in [-0.15, -0.1) is 6.58 Å². The van der Waals surface area contributed by atoms with E-state index in [0.717, 1.165) is 11.3 Å². The maximum atomic E-state index is 12.9. The predicted octanol–water partition coefficient (Wildman–Crippen LogP) is 4.46.